The highest BCUT2D eigenvalue weighted by atomic mass is 15.2. The average molecular weight is 213 g/mol. The minimum absolute atomic E-state index is 0.686. The zero-order valence-electron chi connectivity index (χ0n) is 10.8. The van der Waals surface area contributed by atoms with Crippen LogP contribution in [0.5, 0.6) is 0 Å². The smallest absolute Gasteiger partial charge is 0.0192 e. The molecule has 0 amide bonds. The zero-order valence-corrected chi connectivity index (χ0v) is 10.8. The first-order valence-electron chi connectivity index (χ1n) is 6.21. The molecule has 1 rings (SSSR count). The lowest BCUT2D eigenvalue weighted by Crippen LogP contribution is -2.39. The van der Waals surface area contributed by atoms with Crippen LogP contribution in [0, 0.1) is 0 Å². The van der Waals surface area contributed by atoms with E-state index in [0.717, 1.165) is 6.54 Å². The molecule has 1 aliphatic rings. The molecule has 15 heavy (non-hydrogen) atoms. The summed E-state index contributed by atoms with van der Waals surface area (Å²) < 4.78 is 0. The van der Waals surface area contributed by atoms with Gasteiger partial charge in [-0.25, -0.2) is 0 Å². The summed E-state index contributed by atoms with van der Waals surface area (Å²) in [5.41, 5.74) is 0. The molecule has 2 atom stereocenters. The third kappa shape index (κ3) is 4.96. The van der Waals surface area contributed by atoms with Gasteiger partial charge in [0.25, 0.3) is 0 Å². The van der Waals surface area contributed by atoms with Gasteiger partial charge in [0, 0.05) is 18.6 Å². The largest absolute Gasteiger partial charge is 0.313 e. The van der Waals surface area contributed by atoms with Gasteiger partial charge in [-0.3, -0.25) is 4.90 Å². The first kappa shape index (κ1) is 12.9. The van der Waals surface area contributed by atoms with Gasteiger partial charge in [-0.05, 0) is 60.4 Å². The van der Waals surface area contributed by atoms with Gasteiger partial charge in [-0.15, -0.1) is 0 Å². The summed E-state index contributed by atoms with van der Waals surface area (Å²) in [6.45, 7) is 9.46. The van der Waals surface area contributed by atoms with E-state index in [1.54, 1.807) is 0 Å². The average Bonchev–Trinajstić information content (AvgIpc) is 2.32. The molecule has 90 valence electrons. The van der Waals surface area contributed by atoms with Crippen LogP contribution < -0.4 is 5.32 Å². The quantitative estimate of drug-likeness (QED) is 0.752. The maximum absolute atomic E-state index is 3.57. The predicted octanol–water partition coefficient (Wildman–Crippen LogP) is 1.01. The Balaban J connectivity index is 2.26. The van der Waals surface area contributed by atoms with Crippen LogP contribution in [0.3, 0.4) is 0 Å². The van der Waals surface area contributed by atoms with E-state index < -0.39 is 0 Å². The molecule has 1 aliphatic heterocycles. The van der Waals surface area contributed by atoms with Gasteiger partial charge in [0.2, 0.25) is 0 Å². The number of hydrogen-bond acceptors (Lipinski definition) is 3. The van der Waals surface area contributed by atoms with Crippen LogP contribution in [0.15, 0.2) is 0 Å². The second-order valence-electron chi connectivity index (χ2n) is 5.14. The van der Waals surface area contributed by atoms with E-state index in [1.807, 2.05) is 0 Å². The highest BCUT2D eigenvalue weighted by Gasteiger charge is 2.18. The molecular formula is C12H27N3. The Morgan fingerprint density at radius 2 is 2.07 bits per heavy atom. The number of hydrogen-bond donors (Lipinski definition) is 1. The van der Waals surface area contributed by atoms with E-state index in [4.69, 9.17) is 0 Å². The van der Waals surface area contributed by atoms with Crippen molar-refractivity contribution in [2.45, 2.75) is 38.8 Å². The lowest BCUT2D eigenvalue weighted by atomic mass is 10.2. The summed E-state index contributed by atoms with van der Waals surface area (Å²) in [5.74, 6) is 0. The van der Waals surface area contributed by atoms with Crippen molar-refractivity contribution in [3.63, 3.8) is 0 Å². The van der Waals surface area contributed by atoms with Crippen molar-refractivity contribution in [2.24, 2.45) is 0 Å². The predicted molar refractivity (Wildman–Crippen MR) is 66.3 cm³/mol. The summed E-state index contributed by atoms with van der Waals surface area (Å²) in [5, 5.41) is 3.57. The molecule has 0 bridgehead atoms. The van der Waals surface area contributed by atoms with Crippen LogP contribution in [-0.2, 0) is 0 Å². The van der Waals surface area contributed by atoms with Crippen molar-refractivity contribution < 1.29 is 0 Å². The molecule has 1 heterocycles. The second kappa shape index (κ2) is 6.46. The maximum atomic E-state index is 3.57. The SMILES string of the molecule is CC1CCN(CCCN(C)C)C(C)CN1. The van der Waals surface area contributed by atoms with Crippen LogP contribution in [0.4, 0.5) is 0 Å². The molecule has 0 aliphatic carbocycles. The summed E-state index contributed by atoms with van der Waals surface area (Å²) in [6.07, 6.45) is 2.57. The highest BCUT2D eigenvalue weighted by Crippen LogP contribution is 2.07. The Bertz CT molecular complexity index is 170. The summed E-state index contributed by atoms with van der Waals surface area (Å²) in [4.78, 5) is 4.89. The van der Waals surface area contributed by atoms with Gasteiger partial charge >= 0.3 is 0 Å². The van der Waals surface area contributed by atoms with E-state index >= 15 is 0 Å². The Labute approximate surface area is 94.8 Å². The van der Waals surface area contributed by atoms with Crippen molar-refractivity contribution in [1.82, 2.24) is 15.1 Å². The Morgan fingerprint density at radius 1 is 1.33 bits per heavy atom. The Morgan fingerprint density at radius 3 is 2.73 bits per heavy atom. The monoisotopic (exact) mass is 213 g/mol. The molecule has 1 saturated heterocycles. The number of rotatable bonds is 4. The van der Waals surface area contributed by atoms with Gasteiger partial charge in [0.05, 0.1) is 0 Å². The van der Waals surface area contributed by atoms with Crippen molar-refractivity contribution in [3.05, 3.63) is 0 Å². The molecule has 0 radical (unpaired) electrons. The van der Waals surface area contributed by atoms with Gasteiger partial charge in [0.1, 0.15) is 0 Å². The van der Waals surface area contributed by atoms with Crippen molar-refractivity contribution in [2.75, 3.05) is 40.3 Å². The van der Waals surface area contributed by atoms with Crippen LogP contribution >= 0.6 is 0 Å². The van der Waals surface area contributed by atoms with Gasteiger partial charge in [-0.2, -0.15) is 0 Å². The first-order valence-corrected chi connectivity index (χ1v) is 6.21. The van der Waals surface area contributed by atoms with Crippen LogP contribution in [0.1, 0.15) is 26.7 Å². The third-order valence-corrected chi connectivity index (χ3v) is 3.29. The minimum Gasteiger partial charge on any atom is -0.313 e. The molecule has 0 spiro atoms. The molecule has 1 N–H and O–H groups in total. The summed E-state index contributed by atoms with van der Waals surface area (Å²) in [6, 6.07) is 1.38. The van der Waals surface area contributed by atoms with Crippen LogP contribution in [0.2, 0.25) is 0 Å². The first-order chi connectivity index (χ1) is 7.09. The molecule has 2 unspecified atom stereocenters. The Hall–Kier alpha value is -0.120. The van der Waals surface area contributed by atoms with E-state index in [1.165, 1.54) is 32.5 Å². The van der Waals surface area contributed by atoms with Crippen molar-refractivity contribution in [3.8, 4) is 0 Å². The third-order valence-electron chi connectivity index (χ3n) is 3.29. The fraction of sp³-hybridized carbons (Fsp3) is 1.00. The molecule has 0 aromatic carbocycles. The zero-order chi connectivity index (χ0) is 11.3. The van der Waals surface area contributed by atoms with Gasteiger partial charge < -0.3 is 10.2 Å². The highest BCUT2D eigenvalue weighted by molar-refractivity contribution is 4.78. The lowest BCUT2D eigenvalue weighted by molar-refractivity contribution is 0.210. The van der Waals surface area contributed by atoms with Crippen molar-refractivity contribution in [1.29, 1.82) is 0 Å². The van der Waals surface area contributed by atoms with E-state index in [2.05, 4.69) is 43.1 Å². The topological polar surface area (TPSA) is 18.5 Å². The van der Waals surface area contributed by atoms with Crippen molar-refractivity contribution >= 4 is 0 Å². The molecule has 0 saturated carbocycles. The molecule has 3 nitrogen and oxygen atoms in total. The fourth-order valence-corrected chi connectivity index (χ4v) is 2.10. The fourth-order valence-electron chi connectivity index (χ4n) is 2.10. The summed E-state index contributed by atoms with van der Waals surface area (Å²) in [7, 11) is 4.30. The number of nitrogens with zero attached hydrogens (tertiary/aromatic N) is 2. The maximum Gasteiger partial charge on any atom is 0.0192 e. The van der Waals surface area contributed by atoms with E-state index in [0.29, 0.717) is 12.1 Å². The Kier molecular flexibility index (Phi) is 5.58. The van der Waals surface area contributed by atoms with E-state index in [9.17, 15) is 0 Å². The van der Waals surface area contributed by atoms with Gasteiger partial charge in [0.15, 0.2) is 0 Å². The van der Waals surface area contributed by atoms with Crippen LogP contribution in [0.25, 0.3) is 0 Å². The van der Waals surface area contributed by atoms with E-state index in [-0.39, 0.29) is 0 Å². The summed E-state index contributed by atoms with van der Waals surface area (Å²) >= 11 is 0. The van der Waals surface area contributed by atoms with Crippen LogP contribution in [-0.4, -0.2) is 62.2 Å². The normalized spacial score (nSPS) is 29.4. The molecule has 1 fully saturated rings. The molecule has 0 aromatic heterocycles. The lowest BCUT2D eigenvalue weighted by Gasteiger charge is -2.26. The molecule has 3 heteroatoms. The second-order valence-corrected chi connectivity index (χ2v) is 5.14. The minimum atomic E-state index is 0.686. The number of nitrogens with one attached hydrogen (secondary N) is 1. The van der Waals surface area contributed by atoms with Gasteiger partial charge in [-0.1, -0.05) is 0 Å². The standard InChI is InChI=1S/C12H27N3/c1-11-6-9-15(12(2)10-13-11)8-5-7-14(3)4/h11-13H,5-10H2,1-4H3. The molecule has 0 aromatic rings. The molecular weight excluding hydrogens is 186 g/mol.